The molecular formula is C14H14N2OS2. The van der Waals surface area contributed by atoms with Crippen LogP contribution in [-0.4, -0.2) is 14.5 Å². The fourth-order valence-electron chi connectivity index (χ4n) is 1.85. The Morgan fingerprint density at radius 1 is 1.37 bits per heavy atom. The van der Waals surface area contributed by atoms with E-state index in [1.165, 1.54) is 4.90 Å². The Kier molecular flexibility index (Phi) is 3.59. The molecule has 3 rings (SSSR count). The third kappa shape index (κ3) is 2.83. The second-order valence-electron chi connectivity index (χ2n) is 4.36. The lowest BCUT2D eigenvalue weighted by Crippen LogP contribution is -1.89. The largest absolute Gasteiger partial charge is 0.389 e. The highest BCUT2D eigenvalue weighted by Gasteiger charge is 2.04. The van der Waals surface area contributed by atoms with Gasteiger partial charge in [0.25, 0.3) is 0 Å². The SMILES string of the molecule is CC(O)c1ccc(SCc2cn3ccsc3n2)cc1. The molecule has 0 radical (unpaired) electrons. The van der Waals surface area contributed by atoms with E-state index in [0.717, 1.165) is 22.0 Å². The average molecular weight is 290 g/mol. The van der Waals surface area contributed by atoms with Crippen molar-refractivity contribution in [3.05, 3.63) is 53.3 Å². The van der Waals surface area contributed by atoms with E-state index in [1.54, 1.807) is 30.0 Å². The zero-order valence-corrected chi connectivity index (χ0v) is 12.1. The van der Waals surface area contributed by atoms with E-state index in [1.807, 2.05) is 35.8 Å². The topological polar surface area (TPSA) is 37.5 Å². The van der Waals surface area contributed by atoms with E-state index in [9.17, 15) is 5.11 Å². The number of nitrogens with zero attached hydrogens (tertiary/aromatic N) is 2. The number of fused-ring (bicyclic) bond motifs is 1. The summed E-state index contributed by atoms with van der Waals surface area (Å²) < 4.78 is 2.05. The number of aliphatic hydroxyl groups excluding tert-OH is 1. The first-order chi connectivity index (χ1) is 9.22. The third-order valence-electron chi connectivity index (χ3n) is 2.89. The number of imidazole rings is 1. The molecule has 1 aromatic carbocycles. The number of aromatic nitrogens is 2. The Morgan fingerprint density at radius 2 is 2.16 bits per heavy atom. The van der Waals surface area contributed by atoms with Gasteiger partial charge in [0.1, 0.15) is 0 Å². The summed E-state index contributed by atoms with van der Waals surface area (Å²) in [5.74, 6) is 0.864. The molecule has 0 saturated carbocycles. The Morgan fingerprint density at radius 3 is 2.84 bits per heavy atom. The summed E-state index contributed by atoms with van der Waals surface area (Å²) in [6.45, 7) is 1.78. The Balaban J connectivity index is 1.67. The molecule has 1 N–H and O–H groups in total. The Bertz CT molecular complexity index is 642. The van der Waals surface area contributed by atoms with Crippen LogP contribution in [0.5, 0.6) is 0 Å². The first kappa shape index (κ1) is 12.7. The van der Waals surface area contributed by atoms with Crippen LogP contribution in [-0.2, 0) is 5.75 Å². The number of thioether (sulfide) groups is 1. The number of rotatable bonds is 4. The molecule has 1 atom stereocenters. The first-order valence-corrected chi connectivity index (χ1v) is 7.91. The van der Waals surface area contributed by atoms with E-state index in [4.69, 9.17) is 0 Å². The van der Waals surface area contributed by atoms with Crippen LogP contribution in [0.15, 0.2) is 46.9 Å². The molecule has 0 aliphatic rings. The maximum atomic E-state index is 9.46. The van der Waals surface area contributed by atoms with Gasteiger partial charge >= 0.3 is 0 Å². The van der Waals surface area contributed by atoms with Gasteiger partial charge in [0, 0.05) is 28.4 Å². The minimum atomic E-state index is -0.404. The number of aliphatic hydroxyl groups is 1. The van der Waals surface area contributed by atoms with Crippen molar-refractivity contribution in [2.24, 2.45) is 0 Å². The van der Waals surface area contributed by atoms with E-state index >= 15 is 0 Å². The van der Waals surface area contributed by atoms with E-state index < -0.39 is 6.10 Å². The third-order valence-corrected chi connectivity index (χ3v) is 4.71. The molecule has 0 aliphatic carbocycles. The molecule has 1 unspecified atom stereocenters. The molecule has 0 aliphatic heterocycles. The van der Waals surface area contributed by atoms with Crippen LogP contribution in [0.3, 0.4) is 0 Å². The number of hydrogen-bond acceptors (Lipinski definition) is 4. The van der Waals surface area contributed by atoms with Crippen molar-refractivity contribution in [2.75, 3.05) is 0 Å². The second kappa shape index (κ2) is 5.36. The van der Waals surface area contributed by atoms with Crippen LogP contribution in [0.1, 0.15) is 24.3 Å². The van der Waals surface area contributed by atoms with Gasteiger partial charge in [-0.15, -0.1) is 23.1 Å². The van der Waals surface area contributed by atoms with Gasteiger partial charge < -0.3 is 5.11 Å². The summed E-state index contributed by atoms with van der Waals surface area (Å²) in [4.78, 5) is 6.79. The molecule has 19 heavy (non-hydrogen) atoms. The van der Waals surface area contributed by atoms with Crippen molar-refractivity contribution in [3.8, 4) is 0 Å². The monoisotopic (exact) mass is 290 g/mol. The van der Waals surface area contributed by atoms with Crippen LogP contribution in [0.4, 0.5) is 0 Å². The quantitative estimate of drug-likeness (QED) is 0.744. The minimum absolute atomic E-state index is 0.404. The summed E-state index contributed by atoms with van der Waals surface area (Å²) in [5, 5.41) is 11.5. The molecule has 0 bridgehead atoms. The van der Waals surface area contributed by atoms with Crippen molar-refractivity contribution >= 4 is 28.1 Å². The molecule has 3 aromatic rings. The van der Waals surface area contributed by atoms with Gasteiger partial charge in [-0.1, -0.05) is 12.1 Å². The Labute approximate surface area is 119 Å². The van der Waals surface area contributed by atoms with Gasteiger partial charge in [-0.25, -0.2) is 4.98 Å². The molecule has 2 aromatic heterocycles. The highest BCUT2D eigenvalue weighted by Crippen LogP contribution is 2.25. The fraction of sp³-hybridized carbons (Fsp3) is 0.214. The number of benzene rings is 1. The summed E-state index contributed by atoms with van der Waals surface area (Å²) in [7, 11) is 0. The molecule has 0 amide bonds. The molecule has 5 heteroatoms. The van der Waals surface area contributed by atoms with Crippen molar-refractivity contribution in [1.82, 2.24) is 9.38 Å². The van der Waals surface area contributed by atoms with Crippen LogP contribution in [0.25, 0.3) is 4.96 Å². The van der Waals surface area contributed by atoms with Gasteiger partial charge in [0.15, 0.2) is 4.96 Å². The van der Waals surface area contributed by atoms with E-state index in [0.29, 0.717) is 0 Å². The van der Waals surface area contributed by atoms with Crippen LogP contribution in [0.2, 0.25) is 0 Å². The predicted molar refractivity (Wildman–Crippen MR) is 79.7 cm³/mol. The number of hydrogen-bond donors (Lipinski definition) is 1. The highest BCUT2D eigenvalue weighted by molar-refractivity contribution is 7.98. The molecular weight excluding hydrogens is 276 g/mol. The smallest absolute Gasteiger partial charge is 0.193 e. The molecule has 0 fully saturated rings. The molecule has 98 valence electrons. The van der Waals surface area contributed by atoms with Gasteiger partial charge in [0.05, 0.1) is 11.8 Å². The van der Waals surface area contributed by atoms with Crippen molar-refractivity contribution < 1.29 is 5.11 Å². The normalized spacial score (nSPS) is 12.9. The summed E-state index contributed by atoms with van der Waals surface area (Å²) >= 11 is 3.41. The molecule has 2 heterocycles. The van der Waals surface area contributed by atoms with Gasteiger partial charge in [-0.3, -0.25) is 4.40 Å². The van der Waals surface area contributed by atoms with Gasteiger partial charge in [0.2, 0.25) is 0 Å². The summed E-state index contributed by atoms with van der Waals surface area (Å²) in [6.07, 6.45) is 3.70. The first-order valence-electron chi connectivity index (χ1n) is 6.04. The maximum absolute atomic E-state index is 9.46. The van der Waals surface area contributed by atoms with Crippen molar-refractivity contribution in [2.45, 2.75) is 23.7 Å². The van der Waals surface area contributed by atoms with Crippen LogP contribution in [0, 0.1) is 0 Å². The molecule has 3 nitrogen and oxygen atoms in total. The minimum Gasteiger partial charge on any atom is -0.389 e. The lowest BCUT2D eigenvalue weighted by Gasteiger charge is -2.05. The van der Waals surface area contributed by atoms with Gasteiger partial charge in [-0.05, 0) is 24.6 Å². The van der Waals surface area contributed by atoms with Crippen molar-refractivity contribution in [1.29, 1.82) is 0 Å². The highest BCUT2D eigenvalue weighted by atomic mass is 32.2. The summed E-state index contributed by atoms with van der Waals surface area (Å²) in [6, 6.07) is 8.04. The fourth-order valence-corrected chi connectivity index (χ4v) is 3.35. The maximum Gasteiger partial charge on any atom is 0.193 e. The molecule has 0 spiro atoms. The zero-order chi connectivity index (χ0) is 13.2. The second-order valence-corrected chi connectivity index (χ2v) is 6.28. The summed E-state index contributed by atoms with van der Waals surface area (Å²) in [5.41, 5.74) is 2.04. The van der Waals surface area contributed by atoms with E-state index in [-0.39, 0.29) is 0 Å². The van der Waals surface area contributed by atoms with Gasteiger partial charge in [-0.2, -0.15) is 0 Å². The van der Waals surface area contributed by atoms with Crippen LogP contribution < -0.4 is 0 Å². The lowest BCUT2D eigenvalue weighted by molar-refractivity contribution is 0.199. The predicted octanol–water partition coefficient (Wildman–Crippen LogP) is 3.74. The standard InChI is InChI=1S/C14H14N2OS2/c1-10(17)11-2-4-13(5-3-11)19-9-12-8-16-6-7-18-14(16)15-12/h2-8,10,17H,9H2,1H3. The van der Waals surface area contributed by atoms with E-state index in [2.05, 4.69) is 15.6 Å². The average Bonchev–Trinajstić information content (AvgIpc) is 2.97. The lowest BCUT2D eigenvalue weighted by atomic mass is 10.1. The zero-order valence-electron chi connectivity index (χ0n) is 10.5. The Hall–Kier alpha value is -1.30. The van der Waals surface area contributed by atoms with Crippen LogP contribution >= 0.6 is 23.1 Å². The molecule has 0 saturated heterocycles. The number of thiazole rings is 1. The van der Waals surface area contributed by atoms with Crippen molar-refractivity contribution in [3.63, 3.8) is 0 Å².